The fourth-order valence-corrected chi connectivity index (χ4v) is 18.8. The summed E-state index contributed by atoms with van der Waals surface area (Å²) in [6.45, 7) is 10.3. The highest BCUT2D eigenvalue weighted by Crippen LogP contribution is 2.53. The zero-order valence-electron chi connectivity index (χ0n) is 52.2. The van der Waals surface area contributed by atoms with Crippen LogP contribution in [0.3, 0.4) is 0 Å². The predicted octanol–water partition coefficient (Wildman–Crippen LogP) is 9.78. The highest BCUT2D eigenvalue weighted by Gasteiger charge is 2.52. The first-order valence-electron chi connectivity index (χ1n) is 32.2. The Hall–Kier alpha value is -6.82. The first-order chi connectivity index (χ1) is 44.0. The SMILES string of the molecule is C[C@@H]1[C@@H](C)C/C=C/[C@@](O)(c2cn[nH]n2)[C@@H]2CC[C@H]2CN2C[C@@]3(CCCc4cc(Cl)ccc43)COc3ccc(cc32)C(=O)NS1(=O)=O.C[C@@H]1[C@@H](C)C/C=C/[C@](O)(c2cn[nH]n2)[C@@H]2CC[C@H]2CN2C[C@@]3(CCCc4cc(Cl)ccc43)COc3ccc(cc32)C(=O)NS1(=O)=O. The van der Waals surface area contributed by atoms with Gasteiger partial charge < -0.3 is 29.5 Å². The second kappa shape index (κ2) is 24.8. The van der Waals surface area contributed by atoms with Gasteiger partial charge in [-0.3, -0.25) is 9.59 Å². The number of aliphatic hydroxyl groups is 2. The van der Waals surface area contributed by atoms with Gasteiger partial charge in [0.1, 0.15) is 34.1 Å². The summed E-state index contributed by atoms with van der Waals surface area (Å²) in [6.07, 6.45) is 20.3. The van der Waals surface area contributed by atoms with Gasteiger partial charge in [-0.2, -0.15) is 30.8 Å². The van der Waals surface area contributed by atoms with Crippen LogP contribution in [0.1, 0.15) is 146 Å². The molecule has 4 aromatic carbocycles. The maximum atomic E-state index is 13.5. The van der Waals surface area contributed by atoms with Crippen LogP contribution in [-0.4, -0.2) is 120 Å². The lowest BCUT2D eigenvalue weighted by Gasteiger charge is -2.48. The molecule has 12 atom stereocenters. The van der Waals surface area contributed by atoms with Crippen molar-refractivity contribution < 1.29 is 46.1 Å². The van der Waals surface area contributed by atoms with E-state index in [2.05, 4.69) is 74.3 Å². The summed E-state index contributed by atoms with van der Waals surface area (Å²) in [5, 5.41) is 46.2. The molecule has 2 amide bonds. The molecule has 0 radical (unpaired) electrons. The molecule has 20 nitrogen and oxygen atoms in total. The second-order valence-corrected chi connectivity index (χ2v) is 32.4. The predicted molar refractivity (Wildman–Crippen MR) is 351 cm³/mol. The van der Waals surface area contributed by atoms with E-state index < -0.39 is 53.6 Å². The third-order valence-electron chi connectivity index (χ3n) is 21.9. The largest absolute Gasteiger partial charge is 0.490 e. The number of amides is 2. The number of aromatic amines is 2. The first kappa shape index (κ1) is 63.9. The molecule has 0 saturated heterocycles. The molecular formula is C68H80Cl2N10O10S2. The van der Waals surface area contributed by atoms with Crippen molar-refractivity contribution in [3.63, 3.8) is 0 Å². The fourth-order valence-electron chi connectivity index (χ4n) is 15.9. The average Bonchev–Trinajstić information content (AvgIpc) is 1.32. The Kier molecular flexibility index (Phi) is 17.2. The van der Waals surface area contributed by atoms with Crippen LogP contribution in [0, 0.1) is 35.5 Å². The zero-order valence-corrected chi connectivity index (χ0v) is 55.3. The Morgan fingerprint density at radius 2 is 1.00 bits per heavy atom. The molecule has 4 aliphatic carbocycles. The normalized spacial score (nSPS) is 33.0. The van der Waals surface area contributed by atoms with Gasteiger partial charge in [0.2, 0.25) is 20.0 Å². The molecule has 6 N–H and O–H groups in total. The molecule has 2 saturated carbocycles. The van der Waals surface area contributed by atoms with E-state index in [1.165, 1.54) is 22.3 Å². The lowest BCUT2D eigenvalue weighted by Crippen LogP contribution is -2.51. The number of ether oxygens (including phenoxy) is 2. The summed E-state index contributed by atoms with van der Waals surface area (Å²) in [5.74, 6) is -0.787. The van der Waals surface area contributed by atoms with Gasteiger partial charge in [0.25, 0.3) is 11.8 Å². The number of aromatic nitrogens is 6. The molecule has 24 heteroatoms. The molecule has 4 bridgehead atoms. The lowest BCUT2D eigenvalue weighted by molar-refractivity contribution is -0.0532. The Labute approximate surface area is 547 Å². The number of sulfonamides is 2. The number of halogens is 2. The van der Waals surface area contributed by atoms with Crippen LogP contribution in [0.2, 0.25) is 10.0 Å². The van der Waals surface area contributed by atoms with Gasteiger partial charge in [-0.15, -0.1) is 0 Å². The van der Waals surface area contributed by atoms with Crippen molar-refractivity contribution in [2.45, 2.75) is 137 Å². The standard InChI is InChI=1S/2C34H40ClN5O5S/c2*1-21-5-3-14-34(42,31-17-36-39-37-31)28-10-7-25(28)18-40-19-33(13-4-6-23-15-26(35)9-11-27(23)33)20-45-30-12-8-24(16-29(30)40)32(41)38-46(43,44)22(21)2/h2*3,8-9,11-12,14-17,21-22,25,28,42H,4-7,10,13,18-20H2,1-2H3,(H,38,41)(H,36,37,39)/b2*14-3+/t21-,22+,25-,28+,33-,34+;21-,22+,25-,28+,33-,34-/m00/s1. The quantitative estimate of drug-likeness (QED) is 0.0880. The van der Waals surface area contributed by atoms with E-state index in [9.17, 15) is 36.6 Å². The van der Waals surface area contributed by atoms with Crippen molar-refractivity contribution in [3.05, 3.63) is 164 Å². The van der Waals surface area contributed by atoms with E-state index in [0.29, 0.717) is 85.2 Å². The molecule has 6 aromatic rings. The van der Waals surface area contributed by atoms with Crippen molar-refractivity contribution in [1.29, 1.82) is 0 Å². The fraction of sp³-hybridized carbons (Fsp3) is 0.500. The molecule has 14 rings (SSSR count). The number of allylic oxidation sites excluding steroid dienone is 2. The topological polar surface area (TPSA) is 275 Å². The number of nitrogens with one attached hydrogen (secondary N) is 4. The van der Waals surface area contributed by atoms with Gasteiger partial charge in [-0.05, 0) is 197 Å². The number of aryl methyl sites for hydroxylation is 2. The number of carbonyl (C=O) groups excluding carboxylic acids is 2. The van der Waals surface area contributed by atoms with Gasteiger partial charge in [0.15, 0.2) is 0 Å². The summed E-state index contributed by atoms with van der Waals surface area (Å²) in [7, 11) is -7.99. The van der Waals surface area contributed by atoms with Crippen LogP contribution in [0.15, 0.2) is 109 Å². The molecule has 0 unspecified atom stereocenters. The van der Waals surface area contributed by atoms with Gasteiger partial charge in [-0.25, -0.2) is 26.3 Å². The minimum Gasteiger partial charge on any atom is -0.490 e. The van der Waals surface area contributed by atoms with E-state index in [-0.39, 0.29) is 57.5 Å². The number of hydrogen-bond donors (Lipinski definition) is 6. The third-order valence-corrected chi connectivity index (χ3v) is 26.2. The lowest BCUT2D eigenvalue weighted by atomic mass is 9.63. The van der Waals surface area contributed by atoms with Crippen LogP contribution >= 0.6 is 23.2 Å². The summed E-state index contributed by atoms with van der Waals surface area (Å²) < 4.78 is 71.2. The van der Waals surface area contributed by atoms with E-state index in [0.717, 1.165) is 75.6 Å². The number of fused-ring (bicyclic) bond motifs is 8. The number of nitrogens with zero attached hydrogens (tertiary/aromatic N) is 6. The molecule has 2 aromatic heterocycles. The molecule has 2 spiro atoms. The van der Waals surface area contributed by atoms with Crippen molar-refractivity contribution in [3.8, 4) is 11.5 Å². The number of hydrogen-bond acceptors (Lipinski definition) is 16. The molecular weight excluding hydrogens is 1250 g/mol. The van der Waals surface area contributed by atoms with Crippen LogP contribution in [0.4, 0.5) is 11.4 Å². The highest BCUT2D eigenvalue weighted by atomic mass is 35.5. The van der Waals surface area contributed by atoms with Crippen LogP contribution in [0.5, 0.6) is 11.5 Å². The summed E-state index contributed by atoms with van der Waals surface area (Å²) in [5.41, 5.74) is 4.34. The van der Waals surface area contributed by atoms with Gasteiger partial charge in [0, 0.05) is 70.0 Å². The maximum Gasteiger partial charge on any atom is 0.264 e. The molecule has 8 aliphatic rings. The number of carbonyl (C=O) groups is 2. The van der Waals surface area contributed by atoms with E-state index in [4.69, 9.17) is 32.7 Å². The Morgan fingerprint density at radius 3 is 1.38 bits per heavy atom. The average molecular weight is 1330 g/mol. The van der Waals surface area contributed by atoms with Gasteiger partial charge >= 0.3 is 0 Å². The second-order valence-electron chi connectivity index (χ2n) is 27.4. The minimum absolute atomic E-state index is 0.102. The summed E-state index contributed by atoms with van der Waals surface area (Å²) in [4.78, 5) is 31.5. The number of benzene rings is 4. The van der Waals surface area contributed by atoms with E-state index >= 15 is 0 Å². The molecule has 6 heterocycles. The molecule has 2 fully saturated rings. The summed E-state index contributed by atoms with van der Waals surface area (Å²) in [6, 6.07) is 22.6. The van der Waals surface area contributed by atoms with Crippen molar-refractivity contribution in [2.75, 3.05) is 49.2 Å². The third kappa shape index (κ3) is 11.9. The molecule has 488 valence electrons. The monoisotopic (exact) mass is 1330 g/mol. The highest BCUT2D eigenvalue weighted by molar-refractivity contribution is 7.91. The molecule has 92 heavy (non-hydrogen) atoms. The molecule has 4 aliphatic heterocycles. The van der Waals surface area contributed by atoms with Gasteiger partial charge in [0.05, 0.1) is 47.5 Å². The Bertz CT molecular complexity index is 3820. The Morgan fingerprint density at radius 1 is 0.576 bits per heavy atom. The Balaban J connectivity index is 0.000000168. The van der Waals surface area contributed by atoms with E-state index in [1.807, 2.05) is 38.1 Å². The first-order valence-corrected chi connectivity index (χ1v) is 36.1. The minimum atomic E-state index is -4.00. The van der Waals surface area contributed by atoms with Gasteiger partial charge in [-0.1, -0.05) is 73.5 Å². The number of rotatable bonds is 2. The van der Waals surface area contributed by atoms with Crippen molar-refractivity contribution >= 4 is 66.4 Å². The van der Waals surface area contributed by atoms with Crippen LogP contribution in [-0.2, 0) is 54.9 Å². The van der Waals surface area contributed by atoms with Crippen molar-refractivity contribution in [2.24, 2.45) is 35.5 Å². The van der Waals surface area contributed by atoms with E-state index in [1.54, 1.807) is 74.8 Å². The number of anilines is 2. The number of H-pyrrole nitrogens is 2. The van der Waals surface area contributed by atoms with Crippen LogP contribution < -0.4 is 28.7 Å². The zero-order chi connectivity index (χ0) is 64.5. The summed E-state index contributed by atoms with van der Waals surface area (Å²) >= 11 is 12.8. The van der Waals surface area contributed by atoms with Crippen molar-refractivity contribution in [1.82, 2.24) is 40.3 Å². The smallest absolute Gasteiger partial charge is 0.264 e. The maximum absolute atomic E-state index is 13.5. The van der Waals surface area contributed by atoms with Crippen LogP contribution in [0.25, 0.3) is 0 Å².